The van der Waals surface area contributed by atoms with Crippen molar-refractivity contribution in [1.82, 2.24) is 9.78 Å². The van der Waals surface area contributed by atoms with Crippen molar-refractivity contribution in [2.75, 3.05) is 14.2 Å². The Bertz CT molecular complexity index is 537. The molecular formula is C13H16N2O3. The summed E-state index contributed by atoms with van der Waals surface area (Å²) in [5.74, 6) is 1.27. The number of ether oxygens (including phenoxy) is 2. The van der Waals surface area contributed by atoms with Gasteiger partial charge in [0.05, 0.1) is 19.9 Å². The molecule has 5 heteroatoms. The Balaban J connectivity index is 2.41. The molecule has 5 nitrogen and oxygen atoms in total. The van der Waals surface area contributed by atoms with E-state index in [-0.39, 0.29) is 0 Å². The molecule has 1 N–H and O–H groups in total. The molecule has 0 spiro atoms. The monoisotopic (exact) mass is 248 g/mol. The third-order valence-electron chi connectivity index (χ3n) is 2.75. The fourth-order valence-electron chi connectivity index (χ4n) is 1.79. The summed E-state index contributed by atoms with van der Waals surface area (Å²) in [6.45, 7) is 0. The van der Waals surface area contributed by atoms with Crippen LogP contribution in [0.4, 0.5) is 0 Å². The summed E-state index contributed by atoms with van der Waals surface area (Å²) in [5, 5.41) is 14.5. The Kier molecular flexibility index (Phi) is 3.53. The Morgan fingerprint density at radius 1 is 1.22 bits per heavy atom. The molecule has 0 aliphatic heterocycles. The second-order valence-electron chi connectivity index (χ2n) is 3.92. The lowest BCUT2D eigenvalue weighted by molar-refractivity contribution is 0.208. The number of benzene rings is 1. The summed E-state index contributed by atoms with van der Waals surface area (Å²) in [5.41, 5.74) is 1.21. The van der Waals surface area contributed by atoms with Gasteiger partial charge in [0.2, 0.25) is 0 Å². The topological polar surface area (TPSA) is 56.5 Å². The van der Waals surface area contributed by atoms with Crippen molar-refractivity contribution in [1.29, 1.82) is 0 Å². The summed E-state index contributed by atoms with van der Waals surface area (Å²) in [6, 6.07) is 7.07. The number of hydrogen-bond donors (Lipinski definition) is 1. The van der Waals surface area contributed by atoms with Crippen LogP contribution >= 0.6 is 0 Å². The molecular weight excluding hydrogens is 232 g/mol. The number of aromatic nitrogens is 2. The molecule has 1 heterocycles. The van der Waals surface area contributed by atoms with Crippen LogP contribution in [0.25, 0.3) is 0 Å². The smallest absolute Gasteiger partial charge is 0.126 e. The maximum absolute atomic E-state index is 10.3. The summed E-state index contributed by atoms with van der Waals surface area (Å²) in [6.07, 6.45) is 0.946. The summed E-state index contributed by atoms with van der Waals surface area (Å²) >= 11 is 0. The minimum atomic E-state index is -0.837. The Hall–Kier alpha value is -2.01. The van der Waals surface area contributed by atoms with Crippen LogP contribution in [0.5, 0.6) is 11.5 Å². The second kappa shape index (κ2) is 5.10. The van der Waals surface area contributed by atoms with Crippen molar-refractivity contribution < 1.29 is 14.6 Å². The van der Waals surface area contributed by atoms with Gasteiger partial charge in [-0.2, -0.15) is 5.10 Å². The van der Waals surface area contributed by atoms with Crippen LogP contribution in [-0.2, 0) is 7.05 Å². The van der Waals surface area contributed by atoms with Gasteiger partial charge in [-0.3, -0.25) is 4.68 Å². The molecule has 0 amide bonds. The Morgan fingerprint density at radius 2 is 2.00 bits per heavy atom. The van der Waals surface area contributed by atoms with E-state index in [2.05, 4.69) is 5.10 Å². The van der Waals surface area contributed by atoms with E-state index >= 15 is 0 Å². The summed E-state index contributed by atoms with van der Waals surface area (Å²) in [4.78, 5) is 0. The summed E-state index contributed by atoms with van der Waals surface area (Å²) < 4.78 is 12.0. The number of rotatable bonds is 4. The average molecular weight is 248 g/mol. The minimum Gasteiger partial charge on any atom is -0.497 e. The molecule has 0 radical (unpaired) electrons. The predicted octanol–water partition coefficient (Wildman–Crippen LogP) is 1.52. The molecule has 0 saturated heterocycles. The first-order chi connectivity index (χ1) is 8.65. The number of aliphatic hydroxyl groups excluding tert-OH is 1. The quantitative estimate of drug-likeness (QED) is 0.891. The van der Waals surface area contributed by atoms with E-state index in [1.807, 2.05) is 0 Å². The number of aliphatic hydroxyl groups is 1. The Labute approximate surface area is 106 Å². The Morgan fingerprint density at radius 3 is 2.56 bits per heavy atom. The zero-order valence-corrected chi connectivity index (χ0v) is 10.6. The maximum atomic E-state index is 10.3. The first kappa shape index (κ1) is 12.4. The van der Waals surface area contributed by atoms with Crippen molar-refractivity contribution in [3.05, 3.63) is 41.7 Å². The van der Waals surface area contributed by atoms with Crippen LogP contribution in [-0.4, -0.2) is 29.1 Å². The van der Waals surface area contributed by atoms with Gasteiger partial charge in [0.15, 0.2) is 0 Å². The molecule has 2 rings (SSSR count). The van der Waals surface area contributed by atoms with Gasteiger partial charge in [-0.25, -0.2) is 0 Å². The first-order valence-electron chi connectivity index (χ1n) is 5.55. The van der Waals surface area contributed by atoms with Crippen LogP contribution in [0.3, 0.4) is 0 Å². The third-order valence-corrected chi connectivity index (χ3v) is 2.75. The van der Waals surface area contributed by atoms with E-state index in [4.69, 9.17) is 9.47 Å². The van der Waals surface area contributed by atoms with Gasteiger partial charge in [-0.05, 0) is 24.3 Å². The highest BCUT2D eigenvalue weighted by Crippen LogP contribution is 2.32. The van der Waals surface area contributed by atoms with E-state index in [1.165, 1.54) is 0 Å². The lowest BCUT2D eigenvalue weighted by atomic mass is 10.1. The fraction of sp³-hybridized carbons (Fsp3) is 0.308. The fourth-order valence-corrected chi connectivity index (χ4v) is 1.79. The van der Waals surface area contributed by atoms with E-state index in [1.54, 1.807) is 56.4 Å². The van der Waals surface area contributed by atoms with Crippen LogP contribution in [0.15, 0.2) is 30.5 Å². The molecule has 0 aliphatic carbocycles. The molecule has 0 bridgehead atoms. The highest BCUT2D eigenvalue weighted by Gasteiger charge is 2.18. The van der Waals surface area contributed by atoms with E-state index in [0.717, 1.165) is 0 Å². The van der Waals surface area contributed by atoms with Crippen LogP contribution in [0, 0.1) is 0 Å². The van der Waals surface area contributed by atoms with E-state index < -0.39 is 6.10 Å². The highest BCUT2D eigenvalue weighted by atomic mass is 16.5. The number of aryl methyl sites for hydroxylation is 1. The molecule has 1 aromatic heterocycles. The maximum Gasteiger partial charge on any atom is 0.126 e. The molecule has 1 unspecified atom stereocenters. The van der Waals surface area contributed by atoms with Crippen LogP contribution < -0.4 is 9.47 Å². The van der Waals surface area contributed by atoms with E-state index in [0.29, 0.717) is 22.8 Å². The van der Waals surface area contributed by atoms with Crippen molar-refractivity contribution in [2.45, 2.75) is 6.10 Å². The molecule has 0 aliphatic rings. The average Bonchev–Trinajstić information content (AvgIpc) is 2.83. The lowest BCUT2D eigenvalue weighted by Gasteiger charge is -2.14. The number of methoxy groups -OCH3 is 2. The largest absolute Gasteiger partial charge is 0.497 e. The van der Waals surface area contributed by atoms with Gasteiger partial charge in [-0.15, -0.1) is 0 Å². The summed E-state index contributed by atoms with van der Waals surface area (Å²) in [7, 11) is 4.95. The lowest BCUT2D eigenvalue weighted by Crippen LogP contribution is -2.04. The molecule has 0 saturated carbocycles. The van der Waals surface area contributed by atoms with E-state index in [9.17, 15) is 5.11 Å². The van der Waals surface area contributed by atoms with Crippen LogP contribution in [0.2, 0.25) is 0 Å². The molecule has 96 valence electrons. The second-order valence-corrected chi connectivity index (χ2v) is 3.92. The minimum absolute atomic E-state index is 0.573. The standard InChI is InChI=1S/C13H16N2O3/c1-15-7-6-11(14-15)13(16)10-8-9(17-2)4-5-12(10)18-3/h4-8,13,16H,1-3H3. The number of nitrogens with zero attached hydrogens (tertiary/aromatic N) is 2. The molecule has 1 atom stereocenters. The van der Waals surface area contributed by atoms with Crippen LogP contribution in [0.1, 0.15) is 17.4 Å². The number of hydrogen-bond acceptors (Lipinski definition) is 4. The predicted molar refractivity (Wildman–Crippen MR) is 66.8 cm³/mol. The third kappa shape index (κ3) is 2.31. The normalized spacial score (nSPS) is 12.2. The van der Waals surface area contributed by atoms with Crippen molar-refractivity contribution >= 4 is 0 Å². The van der Waals surface area contributed by atoms with Gasteiger partial charge >= 0.3 is 0 Å². The van der Waals surface area contributed by atoms with Crippen molar-refractivity contribution in [2.24, 2.45) is 7.05 Å². The van der Waals surface area contributed by atoms with Crippen molar-refractivity contribution in [3.63, 3.8) is 0 Å². The van der Waals surface area contributed by atoms with Crippen molar-refractivity contribution in [3.8, 4) is 11.5 Å². The molecule has 0 fully saturated rings. The first-order valence-corrected chi connectivity index (χ1v) is 5.55. The van der Waals surface area contributed by atoms with Gasteiger partial charge in [0.25, 0.3) is 0 Å². The van der Waals surface area contributed by atoms with Gasteiger partial charge < -0.3 is 14.6 Å². The van der Waals surface area contributed by atoms with Gasteiger partial charge in [-0.1, -0.05) is 0 Å². The molecule has 2 aromatic rings. The van der Waals surface area contributed by atoms with Gasteiger partial charge in [0.1, 0.15) is 17.6 Å². The SMILES string of the molecule is COc1ccc(OC)c(C(O)c2ccn(C)n2)c1. The zero-order valence-electron chi connectivity index (χ0n) is 10.6. The molecule has 18 heavy (non-hydrogen) atoms. The zero-order chi connectivity index (χ0) is 13.1. The molecule has 1 aromatic carbocycles. The highest BCUT2D eigenvalue weighted by molar-refractivity contribution is 5.43. The van der Waals surface area contributed by atoms with Gasteiger partial charge in [0, 0.05) is 18.8 Å².